The number of carbonyl (C=O) groups is 2. The van der Waals surface area contributed by atoms with Gasteiger partial charge in [0, 0.05) is 23.3 Å². The van der Waals surface area contributed by atoms with Crippen LogP contribution >= 0.6 is 0 Å². The molecule has 0 amide bonds. The first-order valence-corrected chi connectivity index (χ1v) is 6.68. The minimum atomic E-state index is -1.23. The minimum absolute atomic E-state index is 0.00671. The zero-order valence-corrected chi connectivity index (χ0v) is 11.7. The lowest BCUT2D eigenvalue weighted by molar-refractivity contribution is -0.129. The summed E-state index contributed by atoms with van der Waals surface area (Å²) < 4.78 is 0. The number of nitrogens with zero attached hydrogens (tertiary/aromatic N) is 2. The van der Waals surface area contributed by atoms with Crippen molar-refractivity contribution < 1.29 is 9.59 Å². The monoisotopic (exact) mass is 320 g/mol. The molecular weight excluding hydrogens is 316 g/mol. The SMILES string of the molecule is O=C1C=c2nc3c4cc(=O)c(=O)c(=O)c-4cc(=O)c3nc2=CC1=O. The summed E-state index contributed by atoms with van der Waals surface area (Å²) in [5.41, 5.74) is -4.47. The van der Waals surface area contributed by atoms with Crippen molar-refractivity contribution in [2.75, 3.05) is 0 Å². The molecule has 3 aliphatic rings. The molecule has 114 valence electrons. The van der Waals surface area contributed by atoms with E-state index in [2.05, 4.69) is 9.97 Å². The van der Waals surface area contributed by atoms with Crippen LogP contribution in [0, 0.1) is 0 Å². The maximum absolute atomic E-state index is 12.2. The number of hydrogen-bond donors (Lipinski definition) is 0. The molecule has 0 saturated carbocycles. The molecule has 3 aliphatic carbocycles. The van der Waals surface area contributed by atoms with Crippen molar-refractivity contribution in [1.82, 2.24) is 9.97 Å². The van der Waals surface area contributed by atoms with E-state index >= 15 is 0 Å². The van der Waals surface area contributed by atoms with Crippen LogP contribution in [0.1, 0.15) is 0 Å². The van der Waals surface area contributed by atoms with Gasteiger partial charge in [0.1, 0.15) is 11.0 Å². The molecule has 0 radical (unpaired) electrons. The first-order valence-electron chi connectivity index (χ1n) is 6.68. The van der Waals surface area contributed by atoms with Gasteiger partial charge in [-0.2, -0.15) is 0 Å². The smallest absolute Gasteiger partial charge is 0.273 e. The highest BCUT2D eigenvalue weighted by atomic mass is 16.2. The number of carbonyl (C=O) groups excluding carboxylic acids is 2. The predicted octanol–water partition coefficient (Wildman–Crippen LogP) is -3.24. The van der Waals surface area contributed by atoms with Crippen LogP contribution in [0.2, 0.25) is 0 Å². The summed E-state index contributed by atoms with van der Waals surface area (Å²) >= 11 is 0. The summed E-state index contributed by atoms with van der Waals surface area (Å²) in [4.78, 5) is 78.2. The van der Waals surface area contributed by atoms with Gasteiger partial charge < -0.3 is 0 Å². The average molecular weight is 320 g/mol. The lowest BCUT2D eigenvalue weighted by Gasteiger charge is -2.06. The first-order chi connectivity index (χ1) is 11.4. The quantitative estimate of drug-likeness (QED) is 0.312. The Morgan fingerprint density at radius 1 is 0.583 bits per heavy atom. The van der Waals surface area contributed by atoms with Crippen molar-refractivity contribution in [2.24, 2.45) is 0 Å². The van der Waals surface area contributed by atoms with E-state index in [1.165, 1.54) is 0 Å². The fourth-order valence-corrected chi connectivity index (χ4v) is 2.59. The largest absolute Gasteiger partial charge is 0.287 e. The fraction of sp³-hybridized carbons (Fsp3) is 0. The summed E-state index contributed by atoms with van der Waals surface area (Å²) in [5.74, 6) is -1.58. The molecule has 0 aromatic carbocycles. The molecule has 0 saturated heterocycles. The number of Topliss-reactive ketones (excluding diaryl/α,β-unsaturated/α-hetero) is 2. The van der Waals surface area contributed by atoms with Crippen molar-refractivity contribution in [1.29, 1.82) is 0 Å². The van der Waals surface area contributed by atoms with Gasteiger partial charge in [0.15, 0.2) is 0 Å². The van der Waals surface area contributed by atoms with Crippen LogP contribution in [0.25, 0.3) is 34.3 Å². The Morgan fingerprint density at radius 3 is 1.75 bits per heavy atom. The summed E-state index contributed by atoms with van der Waals surface area (Å²) in [6, 6.07) is 1.84. The average Bonchev–Trinajstić information content (AvgIpc) is 2.54. The third-order valence-electron chi connectivity index (χ3n) is 3.73. The van der Waals surface area contributed by atoms with E-state index in [9.17, 15) is 28.8 Å². The highest BCUT2D eigenvalue weighted by Crippen LogP contribution is 2.19. The van der Waals surface area contributed by atoms with E-state index in [-0.39, 0.29) is 32.9 Å². The Balaban J connectivity index is 2.34. The normalized spacial score (nSPS) is 13.7. The van der Waals surface area contributed by atoms with Crippen LogP contribution in [0.15, 0.2) is 31.3 Å². The molecule has 0 unspecified atom stereocenters. The van der Waals surface area contributed by atoms with Gasteiger partial charge in [-0.1, -0.05) is 0 Å². The molecule has 8 nitrogen and oxygen atoms in total. The summed E-state index contributed by atoms with van der Waals surface area (Å²) in [7, 11) is 0. The Labute approximate surface area is 130 Å². The van der Waals surface area contributed by atoms with Gasteiger partial charge in [0.2, 0.25) is 27.9 Å². The molecule has 24 heavy (non-hydrogen) atoms. The molecule has 1 aromatic heterocycles. The van der Waals surface area contributed by atoms with E-state index in [4.69, 9.17) is 0 Å². The number of ketones is 2. The van der Waals surface area contributed by atoms with Gasteiger partial charge >= 0.3 is 0 Å². The van der Waals surface area contributed by atoms with Crippen molar-refractivity contribution in [3.05, 3.63) is 63.7 Å². The molecular formula is C16H4N2O6. The second-order valence-electron chi connectivity index (χ2n) is 5.21. The van der Waals surface area contributed by atoms with E-state index in [0.717, 1.165) is 24.3 Å². The predicted molar refractivity (Wildman–Crippen MR) is 81.8 cm³/mol. The lowest BCUT2D eigenvalue weighted by Crippen LogP contribution is -2.41. The third kappa shape index (κ3) is 1.73. The molecule has 1 heterocycles. The standard InChI is InChI=1S/C16H4N2O6/c19-9-3-7-8(4-10(9)20)18-14-11(21)2-6-5(13(14)17-7)1-12(22)16(24)15(6)23/h1-4H. The molecule has 1 aromatic rings. The second kappa shape index (κ2) is 4.42. The van der Waals surface area contributed by atoms with E-state index in [1.807, 2.05) is 0 Å². The van der Waals surface area contributed by atoms with Gasteiger partial charge in [-0.25, -0.2) is 9.97 Å². The van der Waals surface area contributed by atoms with Gasteiger partial charge in [0.05, 0.1) is 10.7 Å². The van der Waals surface area contributed by atoms with Gasteiger partial charge in [-0.3, -0.25) is 28.8 Å². The maximum Gasteiger partial charge on any atom is 0.273 e. The summed E-state index contributed by atoms with van der Waals surface area (Å²) in [6.07, 6.45) is 1.93. The van der Waals surface area contributed by atoms with Crippen LogP contribution in [0.3, 0.4) is 0 Å². The molecule has 0 atom stereocenters. The van der Waals surface area contributed by atoms with Gasteiger partial charge in [0.25, 0.3) is 5.43 Å². The second-order valence-corrected chi connectivity index (χ2v) is 5.21. The van der Waals surface area contributed by atoms with E-state index in [1.54, 1.807) is 0 Å². The summed E-state index contributed by atoms with van der Waals surface area (Å²) in [5, 5.41) is 0.0961. The third-order valence-corrected chi connectivity index (χ3v) is 3.73. The van der Waals surface area contributed by atoms with Crippen molar-refractivity contribution in [2.45, 2.75) is 0 Å². The van der Waals surface area contributed by atoms with Crippen LogP contribution in [0.4, 0.5) is 0 Å². The van der Waals surface area contributed by atoms with E-state index < -0.39 is 33.3 Å². The molecule has 0 bridgehead atoms. The topological polar surface area (TPSA) is 128 Å². The Bertz CT molecular complexity index is 1410. The number of aromatic nitrogens is 2. The van der Waals surface area contributed by atoms with Crippen molar-refractivity contribution >= 4 is 34.8 Å². The van der Waals surface area contributed by atoms with Crippen LogP contribution < -0.4 is 32.4 Å². The Morgan fingerprint density at radius 2 is 1.12 bits per heavy atom. The maximum atomic E-state index is 12.2. The van der Waals surface area contributed by atoms with Crippen LogP contribution in [0.5, 0.6) is 0 Å². The first kappa shape index (κ1) is 13.9. The van der Waals surface area contributed by atoms with Crippen molar-refractivity contribution in [3.63, 3.8) is 0 Å². The van der Waals surface area contributed by atoms with Crippen molar-refractivity contribution in [3.8, 4) is 11.1 Å². The molecule has 4 rings (SSSR count). The Hall–Kier alpha value is -3.68. The lowest BCUT2D eigenvalue weighted by atomic mass is 10.00. The number of fused-ring (bicyclic) bond motifs is 4. The van der Waals surface area contributed by atoms with Gasteiger partial charge in [-0.15, -0.1) is 0 Å². The molecule has 0 N–H and O–H groups in total. The highest BCUT2D eigenvalue weighted by molar-refractivity contribution is 6.57. The molecule has 8 heteroatoms. The molecule has 0 fully saturated rings. The summed E-state index contributed by atoms with van der Waals surface area (Å²) in [6.45, 7) is 0. The molecule has 0 spiro atoms. The minimum Gasteiger partial charge on any atom is -0.287 e. The van der Waals surface area contributed by atoms with Crippen LogP contribution in [-0.2, 0) is 9.59 Å². The zero-order valence-electron chi connectivity index (χ0n) is 11.7. The van der Waals surface area contributed by atoms with Gasteiger partial charge in [-0.05, 0) is 12.1 Å². The number of benzene rings is 2. The molecule has 0 aliphatic heterocycles. The Kier molecular flexibility index (Phi) is 2.57. The fourth-order valence-electron chi connectivity index (χ4n) is 2.59. The highest BCUT2D eigenvalue weighted by Gasteiger charge is 2.21. The zero-order chi connectivity index (χ0) is 17.2. The number of rotatable bonds is 0. The van der Waals surface area contributed by atoms with Crippen LogP contribution in [-0.4, -0.2) is 21.5 Å². The van der Waals surface area contributed by atoms with E-state index in [0.29, 0.717) is 0 Å². The number of hydrogen-bond acceptors (Lipinski definition) is 8.